The Morgan fingerprint density at radius 2 is 1.41 bits per heavy atom. The molecule has 7 nitrogen and oxygen atoms in total. The summed E-state index contributed by atoms with van der Waals surface area (Å²) in [5.41, 5.74) is 1.21. The van der Waals surface area contributed by atoms with E-state index in [1.165, 1.54) is 13.0 Å². The number of carbonyl (C=O) groups excluding carboxylic acids is 3. The molecule has 0 saturated carbocycles. The van der Waals surface area contributed by atoms with Gasteiger partial charge in [-0.1, -0.05) is 12.1 Å². The maximum Gasteiger partial charge on any atom is 0.314 e. The summed E-state index contributed by atoms with van der Waals surface area (Å²) in [4.78, 5) is 35.7. The number of nitrogens with one attached hydrogen (secondary N) is 2. The van der Waals surface area contributed by atoms with E-state index in [-0.39, 0.29) is 5.78 Å². The number of benzene rings is 2. The smallest absolute Gasteiger partial charge is 0.314 e. The predicted octanol–water partition coefficient (Wildman–Crippen LogP) is 3.26. The van der Waals surface area contributed by atoms with Crippen LogP contribution in [0.15, 0.2) is 42.5 Å². The lowest BCUT2D eigenvalue weighted by Gasteiger charge is -2.13. The van der Waals surface area contributed by atoms with Crippen molar-refractivity contribution in [1.29, 1.82) is 0 Å². The van der Waals surface area contributed by atoms with E-state index in [1.807, 2.05) is 13.8 Å². The van der Waals surface area contributed by atoms with Crippen molar-refractivity contribution in [2.45, 2.75) is 20.8 Å². The van der Waals surface area contributed by atoms with Gasteiger partial charge in [0.15, 0.2) is 17.3 Å². The van der Waals surface area contributed by atoms with E-state index >= 15 is 0 Å². The molecule has 2 rings (SSSR count). The minimum atomic E-state index is -0.845. The summed E-state index contributed by atoms with van der Waals surface area (Å²) in [7, 11) is 0. The van der Waals surface area contributed by atoms with Gasteiger partial charge in [-0.2, -0.15) is 0 Å². The van der Waals surface area contributed by atoms with Gasteiger partial charge >= 0.3 is 11.8 Å². The van der Waals surface area contributed by atoms with Crippen LogP contribution < -0.4 is 20.1 Å². The number of Topliss-reactive ketones (excluding diaryl/α,β-unsaturated/α-hetero) is 1. The third-order valence-electron chi connectivity index (χ3n) is 3.53. The third kappa shape index (κ3) is 5.57. The Morgan fingerprint density at radius 1 is 0.815 bits per heavy atom. The van der Waals surface area contributed by atoms with E-state index < -0.39 is 11.8 Å². The number of ketones is 1. The maximum absolute atomic E-state index is 12.2. The molecule has 27 heavy (non-hydrogen) atoms. The van der Waals surface area contributed by atoms with E-state index in [0.29, 0.717) is 41.7 Å². The molecule has 0 aliphatic heterocycles. The number of carbonyl (C=O) groups is 3. The average molecular weight is 370 g/mol. The van der Waals surface area contributed by atoms with Crippen LogP contribution in [-0.4, -0.2) is 30.8 Å². The molecule has 2 amide bonds. The zero-order chi connectivity index (χ0) is 19.8. The van der Waals surface area contributed by atoms with Gasteiger partial charge in [-0.25, -0.2) is 0 Å². The van der Waals surface area contributed by atoms with Gasteiger partial charge in [-0.3, -0.25) is 14.4 Å². The monoisotopic (exact) mass is 370 g/mol. The van der Waals surface area contributed by atoms with E-state index in [1.54, 1.807) is 36.4 Å². The normalized spacial score (nSPS) is 10.0. The molecule has 0 heterocycles. The molecule has 0 saturated heterocycles. The van der Waals surface area contributed by atoms with Gasteiger partial charge in [-0.05, 0) is 45.0 Å². The number of ether oxygens (including phenoxy) is 2. The number of rotatable bonds is 7. The van der Waals surface area contributed by atoms with Crippen LogP contribution in [0.5, 0.6) is 11.5 Å². The van der Waals surface area contributed by atoms with Crippen molar-refractivity contribution in [1.82, 2.24) is 0 Å². The molecule has 0 spiro atoms. The van der Waals surface area contributed by atoms with Gasteiger partial charge < -0.3 is 20.1 Å². The molecule has 0 aliphatic carbocycles. The molecule has 0 aliphatic rings. The van der Waals surface area contributed by atoms with Gasteiger partial charge in [0.1, 0.15) is 0 Å². The van der Waals surface area contributed by atoms with Crippen molar-refractivity contribution < 1.29 is 23.9 Å². The minimum absolute atomic E-state index is 0.131. The SMILES string of the molecule is CCOc1ccc(NC(=O)C(=O)Nc2cccc(C(C)=O)c2)cc1OCC. The molecule has 0 fully saturated rings. The van der Waals surface area contributed by atoms with Crippen molar-refractivity contribution in [3.63, 3.8) is 0 Å². The summed E-state index contributed by atoms with van der Waals surface area (Å²) in [6, 6.07) is 11.3. The van der Waals surface area contributed by atoms with Crippen LogP contribution in [0.25, 0.3) is 0 Å². The van der Waals surface area contributed by atoms with Crippen molar-refractivity contribution in [2.24, 2.45) is 0 Å². The van der Waals surface area contributed by atoms with Crippen LogP contribution in [0.1, 0.15) is 31.1 Å². The standard InChI is InChI=1S/C20H22N2O5/c1-4-26-17-10-9-16(12-18(17)27-5-2)22-20(25)19(24)21-15-8-6-7-14(11-15)13(3)23/h6-12H,4-5H2,1-3H3,(H,21,24)(H,22,25). The highest BCUT2D eigenvalue weighted by atomic mass is 16.5. The van der Waals surface area contributed by atoms with Gasteiger partial charge in [0, 0.05) is 23.0 Å². The quantitative estimate of drug-likeness (QED) is 0.576. The van der Waals surface area contributed by atoms with Gasteiger partial charge in [-0.15, -0.1) is 0 Å². The molecule has 2 aromatic rings. The molecule has 0 bridgehead atoms. The molecule has 142 valence electrons. The summed E-state index contributed by atoms with van der Waals surface area (Å²) in [6.45, 7) is 6.04. The largest absolute Gasteiger partial charge is 0.490 e. The molecular weight excluding hydrogens is 348 g/mol. The molecule has 7 heteroatoms. The summed E-state index contributed by atoms with van der Waals surface area (Å²) in [5.74, 6) is -0.777. The highest BCUT2D eigenvalue weighted by Gasteiger charge is 2.16. The lowest BCUT2D eigenvalue weighted by Crippen LogP contribution is -2.29. The summed E-state index contributed by atoms with van der Waals surface area (Å²) < 4.78 is 11.0. The zero-order valence-corrected chi connectivity index (χ0v) is 15.5. The van der Waals surface area contributed by atoms with Gasteiger partial charge in [0.2, 0.25) is 0 Å². The fourth-order valence-electron chi connectivity index (χ4n) is 2.32. The Kier molecular flexibility index (Phi) is 6.93. The molecular formula is C20H22N2O5. The Hall–Kier alpha value is -3.35. The fourth-order valence-corrected chi connectivity index (χ4v) is 2.32. The minimum Gasteiger partial charge on any atom is -0.490 e. The first-order chi connectivity index (χ1) is 12.9. The maximum atomic E-state index is 12.2. The van der Waals surface area contributed by atoms with E-state index in [9.17, 15) is 14.4 Å². The average Bonchev–Trinajstić information content (AvgIpc) is 2.64. The van der Waals surface area contributed by atoms with Crippen molar-refractivity contribution in [2.75, 3.05) is 23.8 Å². The van der Waals surface area contributed by atoms with E-state index in [2.05, 4.69) is 10.6 Å². The van der Waals surface area contributed by atoms with Crippen molar-refractivity contribution >= 4 is 29.0 Å². The van der Waals surface area contributed by atoms with Gasteiger partial charge in [0.25, 0.3) is 0 Å². The van der Waals surface area contributed by atoms with Crippen LogP contribution in [-0.2, 0) is 9.59 Å². The molecule has 0 radical (unpaired) electrons. The van der Waals surface area contributed by atoms with Crippen LogP contribution in [0.4, 0.5) is 11.4 Å². The van der Waals surface area contributed by atoms with Gasteiger partial charge in [0.05, 0.1) is 13.2 Å². The lowest BCUT2D eigenvalue weighted by molar-refractivity contribution is -0.132. The second-order valence-corrected chi connectivity index (χ2v) is 5.57. The highest BCUT2D eigenvalue weighted by Crippen LogP contribution is 2.30. The lowest BCUT2D eigenvalue weighted by atomic mass is 10.1. The Balaban J connectivity index is 2.07. The van der Waals surface area contributed by atoms with Crippen LogP contribution in [0.2, 0.25) is 0 Å². The Labute approximate surface area is 157 Å². The summed E-state index contributed by atoms with van der Waals surface area (Å²) >= 11 is 0. The van der Waals surface area contributed by atoms with Crippen LogP contribution in [0.3, 0.4) is 0 Å². The van der Waals surface area contributed by atoms with Crippen LogP contribution >= 0.6 is 0 Å². The molecule has 2 N–H and O–H groups in total. The molecule has 0 aromatic heterocycles. The number of amides is 2. The first kappa shape index (κ1) is 20.0. The molecule has 2 aromatic carbocycles. The first-order valence-corrected chi connectivity index (χ1v) is 8.57. The molecule has 0 unspecified atom stereocenters. The number of hydrogen-bond acceptors (Lipinski definition) is 5. The van der Waals surface area contributed by atoms with Crippen molar-refractivity contribution in [3.8, 4) is 11.5 Å². The topological polar surface area (TPSA) is 93.7 Å². The number of anilines is 2. The van der Waals surface area contributed by atoms with E-state index in [4.69, 9.17) is 9.47 Å². The molecule has 0 atom stereocenters. The second-order valence-electron chi connectivity index (χ2n) is 5.57. The van der Waals surface area contributed by atoms with E-state index in [0.717, 1.165) is 0 Å². The number of hydrogen-bond donors (Lipinski definition) is 2. The zero-order valence-electron chi connectivity index (χ0n) is 15.5. The third-order valence-corrected chi connectivity index (χ3v) is 3.53. The Morgan fingerprint density at radius 3 is 2.00 bits per heavy atom. The van der Waals surface area contributed by atoms with Crippen molar-refractivity contribution in [3.05, 3.63) is 48.0 Å². The Bertz CT molecular complexity index is 848. The second kappa shape index (κ2) is 9.38. The van der Waals surface area contributed by atoms with Crippen LogP contribution in [0, 0.1) is 0 Å². The highest BCUT2D eigenvalue weighted by molar-refractivity contribution is 6.43. The first-order valence-electron chi connectivity index (χ1n) is 8.57. The predicted molar refractivity (Wildman–Crippen MR) is 102 cm³/mol. The fraction of sp³-hybridized carbons (Fsp3) is 0.250. The summed E-state index contributed by atoms with van der Waals surface area (Å²) in [5, 5.41) is 4.98. The summed E-state index contributed by atoms with van der Waals surface area (Å²) in [6.07, 6.45) is 0.